The van der Waals surface area contributed by atoms with Crippen LogP contribution in [0.1, 0.15) is 5.56 Å². The van der Waals surface area contributed by atoms with E-state index in [-0.39, 0.29) is 22.3 Å². The van der Waals surface area contributed by atoms with Gasteiger partial charge in [-0.1, -0.05) is 0 Å². The third kappa shape index (κ3) is 4.12. The summed E-state index contributed by atoms with van der Waals surface area (Å²) in [6.07, 6.45) is -4.99. The second-order valence-corrected chi connectivity index (χ2v) is 8.04. The number of benzene rings is 2. The predicted octanol–water partition coefficient (Wildman–Crippen LogP) is 3.68. The van der Waals surface area contributed by atoms with Crippen LogP contribution in [0.3, 0.4) is 0 Å². The Morgan fingerprint density at radius 1 is 1.07 bits per heavy atom. The molecule has 1 aromatic heterocycles. The summed E-state index contributed by atoms with van der Waals surface area (Å²) >= 11 is 0. The lowest BCUT2D eigenvalue weighted by molar-refractivity contribution is -0.106. The van der Waals surface area contributed by atoms with Crippen molar-refractivity contribution >= 4 is 20.7 Å². The number of alkyl halides is 3. The highest BCUT2D eigenvalue weighted by atomic mass is 32.2. The molecule has 0 amide bonds. The molecule has 0 spiro atoms. The minimum absolute atomic E-state index is 0.164. The van der Waals surface area contributed by atoms with Crippen LogP contribution in [0.4, 0.5) is 22.0 Å². The van der Waals surface area contributed by atoms with E-state index in [1.807, 2.05) is 0 Å². The molecular weight excluding hydrogens is 419 g/mol. The molecule has 3 rings (SSSR count). The number of aromatic amines is 1. The summed E-state index contributed by atoms with van der Waals surface area (Å²) in [6, 6.07) is 6.50. The molecule has 2 aromatic carbocycles. The van der Waals surface area contributed by atoms with Crippen molar-refractivity contribution in [2.45, 2.75) is 11.1 Å². The quantitative estimate of drug-likeness (QED) is 0.645. The first kappa shape index (κ1) is 20.5. The summed E-state index contributed by atoms with van der Waals surface area (Å²) in [6.45, 7) is 0. The van der Waals surface area contributed by atoms with Crippen LogP contribution in [-0.2, 0) is 9.84 Å². The van der Waals surface area contributed by atoms with Gasteiger partial charge in [-0.05, 0) is 24.3 Å². The summed E-state index contributed by atoms with van der Waals surface area (Å²) in [5, 5.41) is 8.78. The number of hydrogen-bond acceptors (Lipinski definition) is 4. The van der Waals surface area contributed by atoms with Gasteiger partial charge in [0.05, 0.1) is 33.1 Å². The van der Waals surface area contributed by atoms with E-state index in [4.69, 9.17) is 0 Å². The lowest BCUT2D eigenvalue weighted by Crippen LogP contribution is -2.23. The van der Waals surface area contributed by atoms with Gasteiger partial charge in [0.15, 0.2) is 21.0 Å². The molecule has 0 unspecified atom stereocenters. The van der Waals surface area contributed by atoms with E-state index in [2.05, 4.69) is 4.98 Å². The molecule has 0 saturated heterocycles. The maximum Gasteiger partial charge on any atom is 0.403 e. The third-order valence-electron chi connectivity index (χ3n) is 3.96. The first-order valence-corrected chi connectivity index (χ1v) is 9.42. The number of pyridine rings is 1. The first-order valence-electron chi connectivity index (χ1n) is 7.77. The van der Waals surface area contributed by atoms with E-state index in [0.29, 0.717) is 6.07 Å². The Kier molecular flexibility index (Phi) is 4.92. The normalized spacial score (nSPS) is 12.1. The molecule has 5 nitrogen and oxygen atoms in total. The maximum absolute atomic E-state index is 13.9. The predicted molar refractivity (Wildman–Crippen MR) is 92.7 cm³/mol. The molecule has 0 aliphatic heterocycles. The van der Waals surface area contributed by atoms with Crippen molar-refractivity contribution in [2.24, 2.45) is 0 Å². The SMILES string of the molecule is N#Cc1ccc(S(=O)(=O)CC(F)(F)F)cc1-c1cc(=O)c2c(F)cc(F)cc2[nH]1. The highest BCUT2D eigenvalue weighted by Gasteiger charge is 2.36. The number of H-pyrrole nitrogens is 1. The van der Waals surface area contributed by atoms with Crippen LogP contribution in [-0.4, -0.2) is 25.3 Å². The lowest BCUT2D eigenvalue weighted by Gasteiger charge is -2.11. The Morgan fingerprint density at radius 2 is 1.76 bits per heavy atom. The Morgan fingerprint density at radius 3 is 2.38 bits per heavy atom. The smallest absolute Gasteiger partial charge is 0.354 e. The Balaban J connectivity index is 2.26. The molecule has 1 heterocycles. The van der Waals surface area contributed by atoms with E-state index in [9.17, 15) is 40.4 Å². The fourth-order valence-electron chi connectivity index (χ4n) is 2.79. The second kappa shape index (κ2) is 6.97. The fourth-order valence-corrected chi connectivity index (χ4v) is 3.96. The summed E-state index contributed by atoms with van der Waals surface area (Å²) in [4.78, 5) is 14.0. The average molecular weight is 428 g/mol. The number of nitrogens with one attached hydrogen (secondary N) is 1. The van der Waals surface area contributed by atoms with Crippen molar-refractivity contribution in [1.82, 2.24) is 4.98 Å². The number of aromatic nitrogens is 1. The topological polar surface area (TPSA) is 90.8 Å². The molecule has 0 bridgehead atoms. The molecule has 0 aliphatic carbocycles. The van der Waals surface area contributed by atoms with Crippen molar-refractivity contribution in [1.29, 1.82) is 5.26 Å². The number of fused-ring (bicyclic) bond motifs is 1. The van der Waals surface area contributed by atoms with Gasteiger partial charge in [-0.3, -0.25) is 4.79 Å². The molecule has 0 atom stereocenters. The monoisotopic (exact) mass is 428 g/mol. The van der Waals surface area contributed by atoms with Gasteiger partial charge >= 0.3 is 6.18 Å². The highest BCUT2D eigenvalue weighted by molar-refractivity contribution is 7.91. The molecule has 3 aromatic rings. The fraction of sp³-hybridized carbons (Fsp3) is 0.111. The van der Waals surface area contributed by atoms with Crippen molar-refractivity contribution < 1.29 is 30.4 Å². The standard InChI is InChI=1S/C18H9F5N2O3S/c19-10-3-13(20)17-15(4-10)25-14(6-16(17)26)12-5-11(2-1-9(12)7-24)29(27,28)8-18(21,22)23/h1-6H,8H2,(H,25,26). The first-order chi connectivity index (χ1) is 13.4. The van der Waals surface area contributed by atoms with Crippen molar-refractivity contribution in [3.05, 3.63) is 63.8 Å². The number of rotatable bonds is 3. The van der Waals surface area contributed by atoms with E-state index >= 15 is 0 Å². The molecule has 0 fully saturated rings. The van der Waals surface area contributed by atoms with Crippen LogP contribution in [0.25, 0.3) is 22.2 Å². The molecular formula is C18H9F5N2O3S. The minimum Gasteiger partial charge on any atom is -0.354 e. The van der Waals surface area contributed by atoms with Gasteiger partial charge in [0, 0.05) is 17.7 Å². The lowest BCUT2D eigenvalue weighted by atomic mass is 10.0. The average Bonchev–Trinajstić information content (AvgIpc) is 2.58. The van der Waals surface area contributed by atoms with E-state index in [1.165, 1.54) is 0 Å². The van der Waals surface area contributed by atoms with Gasteiger partial charge < -0.3 is 4.98 Å². The minimum atomic E-state index is -4.99. The largest absolute Gasteiger partial charge is 0.403 e. The van der Waals surface area contributed by atoms with Gasteiger partial charge in [0.25, 0.3) is 0 Å². The number of nitriles is 1. The third-order valence-corrected chi connectivity index (χ3v) is 5.64. The van der Waals surface area contributed by atoms with Gasteiger partial charge in [-0.25, -0.2) is 17.2 Å². The molecule has 0 aliphatic rings. The Bertz CT molecular complexity index is 1340. The molecule has 0 radical (unpaired) electrons. The van der Waals surface area contributed by atoms with Crippen LogP contribution < -0.4 is 5.43 Å². The van der Waals surface area contributed by atoms with Crippen molar-refractivity contribution in [3.8, 4) is 17.3 Å². The second-order valence-electron chi connectivity index (χ2n) is 6.05. The van der Waals surface area contributed by atoms with Crippen molar-refractivity contribution in [2.75, 3.05) is 5.75 Å². The van der Waals surface area contributed by atoms with E-state index in [0.717, 1.165) is 30.3 Å². The molecule has 1 N–H and O–H groups in total. The summed E-state index contributed by atoms with van der Waals surface area (Å²) in [5.41, 5.74) is -1.72. The van der Waals surface area contributed by atoms with Crippen LogP contribution in [0.5, 0.6) is 0 Å². The number of sulfone groups is 1. The number of halogens is 5. The zero-order chi connectivity index (χ0) is 21.6. The number of nitrogens with zero attached hydrogens (tertiary/aromatic N) is 1. The van der Waals surface area contributed by atoms with Gasteiger partial charge in [0.1, 0.15) is 11.6 Å². The molecule has 0 saturated carbocycles. The van der Waals surface area contributed by atoms with Gasteiger partial charge in [-0.15, -0.1) is 0 Å². The van der Waals surface area contributed by atoms with Crippen LogP contribution in [0.2, 0.25) is 0 Å². The van der Waals surface area contributed by atoms with Gasteiger partial charge in [0.2, 0.25) is 0 Å². The maximum atomic E-state index is 13.9. The number of hydrogen-bond donors (Lipinski definition) is 1. The van der Waals surface area contributed by atoms with Crippen molar-refractivity contribution in [3.63, 3.8) is 0 Å². The molecule has 11 heteroatoms. The zero-order valence-electron chi connectivity index (χ0n) is 14.1. The highest BCUT2D eigenvalue weighted by Crippen LogP contribution is 2.29. The Labute approximate surface area is 159 Å². The summed E-state index contributed by atoms with van der Waals surface area (Å²) in [7, 11) is -4.79. The van der Waals surface area contributed by atoms with Crippen LogP contribution in [0, 0.1) is 23.0 Å². The molecule has 150 valence electrons. The van der Waals surface area contributed by atoms with Crippen LogP contribution >= 0.6 is 0 Å². The zero-order valence-corrected chi connectivity index (χ0v) is 15.0. The van der Waals surface area contributed by atoms with E-state index in [1.54, 1.807) is 6.07 Å². The van der Waals surface area contributed by atoms with Crippen LogP contribution in [0.15, 0.2) is 46.1 Å². The Hall–Kier alpha value is -3.26. The molecule has 29 heavy (non-hydrogen) atoms. The van der Waals surface area contributed by atoms with Gasteiger partial charge in [-0.2, -0.15) is 18.4 Å². The summed E-state index contributed by atoms with van der Waals surface area (Å²) < 4.78 is 89.1. The summed E-state index contributed by atoms with van der Waals surface area (Å²) in [5.74, 6) is -4.24. The van der Waals surface area contributed by atoms with E-state index < -0.39 is 49.1 Å².